The minimum Gasteiger partial charge on any atom is -0.493 e. The molecule has 0 saturated heterocycles. The van der Waals surface area contributed by atoms with E-state index >= 15 is 0 Å². The largest absolute Gasteiger partial charge is 0.493 e. The van der Waals surface area contributed by atoms with Crippen molar-refractivity contribution >= 4 is 22.9 Å². The van der Waals surface area contributed by atoms with E-state index in [1.54, 1.807) is 11.3 Å². The molecule has 2 nitrogen and oxygen atoms in total. The molecule has 94 valence electrons. The number of thiophene rings is 1. The van der Waals surface area contributed by atoms with Crippen LogP contribution in [0.3, 0.4) is 0 Å². The van der Waals surface area contributed by atoms with Crippen LogP contribution in [-0.2, 0) is 6.54 Å². The van der Waals surface area contributed by atoms with Crippen LogP contribution in [0, 0.1) is 0 Å². The molecule has 1 unspecified atom stereocenters. The number of nitrogens with one attached hydrogen (secondary N) is 1. The lowest BCUT2D eigenvalue weighted by molar-refractivity contribution is 0.252. The van der Waals surface area contributed by atoms with E-state index in [1.807, 2.05) is 23.6 Å². The molecule has 18 heavy (non-hydrogen) atoms. The summed E-state index contributed by atoms with van der Waals surface area (Å²) in [6.45, 7) is 1.64. The molecule has 0 radical (unpaired) electrons. The fraction of sp³-hybridized carbons (Fsp3) is 0.286. The predicted molar refractivity (Wildman–Crippen MR) is 75.5 cm³/mol. The van der Waals surface area contributed by atoms with Gasteiger partial charge in [0.2, 0.25) is 0 Å². The van der Waals surface area contributed by atoms with E-state index in [9.17, 15) is 0 Å². The number of para-hydroxylation sites is 1. The summed E-state index contributed by atoms with van der Waals surface area (Å²) < 4.78 is 5.65. The Bertz CT molecular complexity index is 540. The van der Waals surface area contributed by atoms with Crippen LogP contribution < -0.4 is 10.1 Å². The highest BCUT2D eigenvalue weighted by molar-refractivity contribution is 7.10. The van der Waals surface area contributed by atoms with Gasteiger partial charge >= 0.3 is 0 Å². The quantitative estimate of drug-likeness (QED) is 0.916. The van der Waals surface area contributed by atoms with Gasteiger partial charge in [0.25, 0.3) is 0 Å². The monoisotopic (exact) mass is 279 g/mol. The second-order valence-corrected chi connectivity index (χ2v) is 5.77. The molecule has 1 aliphatic rings. The Morgan fingerprint density at radius 2 is 2.28 bits per heavy atom. The zero-order valence-corrected chi connectivity index (χ0v) is 11.4. The standard InChI is InChI=1S/C14H14ClNOS/c15-10-7-11(18-9-10)8-16-13-5-6-17-14-4-2-1-3-12(13)14/h1-4,7,9,13,16H,5-6,8H2. The van der Waals surface area contributed by atoms with E-state index in [0.717, 1.165) is 30.3 Å². The first kappa shape index (κ1) is 12.0. The van der Waals surface area contributed by atoms with Crippen molar-refractivity contribution in [3.63, 3.8) is 0 Å². The van der Waals surface area contributed by atoms with Crippen molar-refractivity contribution in [1.82, 2.24) is 5.32 Å². The highest BCUT2D eigenvalue weighted by Crippen LogP contribution is 2.32. The number of hydrogen-bond donors (Lipinski definition) is 1. The van der Waals surface area contributed by atoms with Gasteiger partial charge in [-0.1, -0.05) is 29.8 Å². The SMILES string of the molecule is Clc1csc(CNC2CCOc3ccccc32)c1. The normalized spacial score (nSPS) is 18.2. The second-order valence-electron chi connectivity index (χ2n) is 4.34. The van der Waals surface area contributed by atoms with E-state index in [1.165, 1.54) is 10.4 Å². The Labute approximate surface area is 116 Å². The number of halogens is 1. The highest BCUT2D eigenvalue weighted by Gasteiger charge is 2.20. The van der Waals surface area contributed by atoms with E-state index in [2.05, 4.69) is 17.4 Å². The Balaban J connectivity index is 1.71. The topological polar surface area (TPSA) is 21.3 Å². The zero-order valence-electron chi connectivity index (χ0n) is 9.86. The minimum absolute atomic E-state index is 0.371. The van der Waals surface area contributed by atoms with Gasteiger partial charge in [-0.05, 0) is 12.1 Å². The molecule has 0 aliphatic carbocycles. The third-order valence-corrected chi connectivity index (χ3v) is 4.39. The van der Waals surface area contributed by atoms with Crippen molar-refractivity contribution in [2.75, 3.05) is 6.61 Å². The van der Waals surface area contributed by atoms with Gasteiger partial charge in [-0.25, -0.2) is 0 Å². The number of hydrogen-bond acceptors (Lipinski definition) is 3. The molecule has 0 fully saturated rings. The van der Waals surface area contributed by atoms with Crippen molar-refractivity contribution in [2.24, 2.45) is 0 Å². The lowest BCUT2D eigenvalue weighted by atomic mass is 10.0. The van der Waals surface area contributed by atoms with Gasteiger partial charge in [-0.3, -0.25) is 0 Å². The van der Waals surface area contributed by atoms with Crippen molar-refractivity contribution in [2.45, 2.75) is 19.0 Å². The van der Waals surface area contributed by atoms with Crippen LogP contribution in [0.4, 0.5) is 0 Å². The fourth-order valence-corrected chi connectivity index (χ4v) is 3.25. The van der Waals surface area contributed by atoms with Crippen molar-refractivity contribution in [3.05, 3.63) is 51.2 Å². The maximum atomic E-state index is 5.93. The summed E-state index contributed by atoms with van der Waals surface area (Å²) in [7, 11) is 0. The number of ether oxygens (including phenoxy) is 1. The van der Waals surface area contributed by atoms with Gasteiger partial charge in [0.05, 0.1) is 11.6 Å². The molecular formula is C14H14ClNOS. The van der Waals surface area contributed by atoms with Crippen LogP contribution in [-0.4, -0.2) is 6.61 Å². The molecule has 0 saturated carbocycles. The Kier molecular flexibility index (Phi) is 3.55. The first-order valence-electron chi connectivity index (χ1n) is 6.01. The van der Waals surface area contributed by atoms with E-state index in [0.29, 0.717) is 6.04 Å². The van der Waals surface area contributed by atoms with Gasteiger partial charge in [0, 0.05) is 34.8 Å². The first-order valence-corrected chi connectivity index (χ1v) is 7.27. The Morgan fingerprint density at radius 3 is 3.11 bits per heavy atom. The molecule has 0 bridgehead atoms. The summed E-state index contributed by atoms with van der Waals surface area (Å²) in [4.78, 5) is 1.27. The van der Waals surface area contributed by atoms with E-state index in [4.69, 9.17) is 16.3 Å². The summed E-state index contributed by atoms with van der Waals surface area (Å²) >= 11 is 7.62. The summed E-state index contributed by atoms with van der Waals surface area (Å²) in [5, 5.41) is 6.37. The number of rotatable bonds is 3. The molecular weight excluding hydrogens is 266 g/mol. The lowest BCUT2D eigenvalue weighted by Crippen LogP contribution is -2.26. The summed E-state index contributed by atoms with van der Waals surface area (Å²) in [6, 6.07) is 10.6. The number of fused-ring (bicyclic) bond motifs is 1. The first-order chi connectivity index (χ1) is 8.83. The van der Waals surface area contributed by atoms with Crippen LogP contribution in [0.1, 0.15) is 22.9 Å². The molecule has 1 aromatic carbocycles. The minimum atomic E-state index is 0.371. The molecule has 2 aromatic rings. The smallest absolute Gasteiger partial charge is 0.124 e. The Hall–Kier alpha value is -1.03. The van der Waals surface area contributed by atoms with Gasteiger partial charge in [0.1, 0.15) is 5.75 Å². The molecule has 2 heterocycles. The van der Waals surface area contributed by atoms with Gasteiger partial charge in [0.15, 0.2) is 0 Å². The van der Waals surface area contributed by atoms with Crippen LogP contribution in [0.5, 0.6) is 5.75 Å². The maximum Gasteiger partial charge on any atom is 0.124 e. The molecule has 4 heteroatoms. The van der Waals surface area contributed by atoms with Gasteiger partial charge < -0.3 is 10.1 Å². The molecule has 1 aromatic heterocycles. The molecule has 0 amide bonds. The van der Waals surface area contributed by atoms with E-state index < -0.39 is 0 Å². The zero-order chi connectivity index (χ0) is 12.4. The average Bonchev–Trinajstić information content (AvgIpc) is 2.82. The van der Waals surface area contributed by atoms with Gasteiger partial charge in [-0.2, -0.15) is 0 Å². The fourth-order valence-electron chi connectivity index (χ4n) is 2.22. The van der Waals surface area contributed by atoms with Crippen LogP contribution >= 0.6 is 22.9 Å². The third kappa shape index (κ3) is 2.53. The molecule has 1 N–H and O–H groups in total. The average molecular weight is 280 g/mol. The summed E-state index contributed by atoms with van der Waals surface area (Å²) in [5.74, 6) is 1.01. The van der Waals surface area contributed by atoms with Gasteiger partial charge in [-0.15, -0.1) is 11.3 Å². The molecule has 1 atom stereocenters. The molecule has 0 spiro atoms. The summed E-state index contributed by atoms with van der Waals surface area (Å²) in [5.41, 5.74) is 1.26. The van der Waals surface area contributed by atoms with Crippen LogP contribution in [0.2, 0.25) is 5.02 Å². The van der Waals surface area contributed by atoms with Crippen molar-refractivity contribution < 1.29 is 4.74 Å². The lowest BCUT2D eigenvalue weighted by Gasteiger charge is -2.26. The second kappa shape index (κ2) is 5.31. The van der Waals surface area contributed by atoms with Crippen LogP contribution in [0.15, 0.2) is 35.7 Å². The highest BCUT2D eigenvalue weighted by atomic mass is 35.5. The molecule has 1 aliphatic heterocycles. The molecule has 3 rings (SSSR count). The van der Waals surface area contributed by atoms with E-state index in [-0.39, 0.29) is 0 Å². The third-order valence-electron chi connectivity index (χ3n) is 3.10. The van der Waals surface area contributed by atoms with Crippen LogP contribution in [0.25, 0.3) is 0 Å². The van der Waals surface area contributed by atoms with Crippen molar-refractivity contribution in [3.8, 4) is 5.75 Å². The summed E-state index contributed by atoms with van der Waals surface area (Å²) in [6.07, 6.45) is 1.01. The predicted octanol–water partition coefficient (Wildman–Crippen LogP) is 4.01. The maximum absolute atomic E-state index is 5.93. The number of benzene rings is 1. The van der Waals surface area contributed by atoms with Crippen molar-refractivity contribution in [1.29, 1.82) is 0 Å². The Morgan fingerprint density at radius 1 is 1.39 bits per heavy atom.